The number of nitrogens with zero attached hydrogens (tertiary/aromatic N) is 2. The van der Waals surface area contributed by atoms with Gasteiger partial charge in [0, 0.05) is 6.07 Å². The summed E-state index contributed by atoms with van der Waals surface area (Å²) in [6.07, 6.45) is 0. The second-order valence-corrected chi connectivity index (χ2v) is 6.49. The number of halogens is 2. The Balaban J connectivity index is 1.96. The highest BCUT2D eigenvalue weighted by atomic mass is 32.1. The molecule has 2 aromatic carbocycles. The number of benzene rings is 2. The first-order chi connectivity index (χ1) is 13.8. The van der Waals surface area contributed by atoms with E-state index < -0.39 is 34.4 Å². The highest BCUT2D eigenvalue weighted by molar-refractivity contribution is 7.22. The molecular weight excluding hydrogens is 412 g/mol. The zero-order chi connectivity index (χ0) is 21.1. The Morgan fingerprint density at radius 1 is 1.21 bits per heavy atom. The Morgan fingerprint density at radius 3 is 2.59 bits per heavy atom. The number of hydrogen-bond acceptors (Lipinski definition) is 8. The number of nitro benzene ring substituents is 1. The molecule has 0 saturated carbocycles. The number of nitro groups is 1. The minimum Gasteiger partial charge on any atom is -0.497 e. The molecule has 152 valence electrons. The molecule has 0 saturated heterocycles. The topological polar surface area (TPSA) is 113 Å². The molecule has 0 radical (unpaired) electrons. The zero-order valence-corrected chi connectivity index (χ0v) is 15.8. The minimum atomic E-state index is -3.22. The monoisotopic (exact) mass is 425 g/mol. The summed E-state index contributed by atoms with van der Waals surface area (Å²) in [5.41, 5.74) is -0.522. The molecule has 1 N–H and O–H groups in total. The molecule has 0 unspecified atom stereocenters. The Bertz CT molecular complexity index is 1090. The van der Waals surface area contributed by atoms with E-state index >= 15 is 0 Å². The third-order valence-corrected chi connectivity index (χ3v) is 4.69. The van der Waals surface area contributed by atoms with Crippen molar-refractivity contribution in [2.24, 2.45) is 0 Å². The van der Waals surface area contributed by atoms with Crippen molar-refractivity contribution in [3.05, 3.63) is 46.0 Å². The standard InChI is InChI=1S/C17H13F2N3O6S/c1-26-8-3-4-10-14(5-8)29-17(20-10)21-15(23)9-6-12(27-2)13(28-16(18)19)7-11(9)22(24)25/h3-7,16H,1-2H3,(H,20,21,23). The van der Waals surface area contributed by atoms with E-state index in [9.17, 15) is 23.7 Å². The van der Waals surface area contributed by atoms with Crippen molar-refractivity contribution in [1.29, 1.82) is 0 Å². The van der Waals surface area contributed by atoms with E-state index in [-0.39, 0.29) is 10.9 Å². The summed E-state index contributed by atoms with van der Waals surface area (Å²) in [6.45, 7) is -3.22. The maximum absolute atomic E-state index is 12.6. The lowest BCUT2D eigenvalue weighted by Crippen LogP contribution is -2.15. The molecule has 1 aromatic heterocycles. The van der Waals surface area contributed by atoms with Gasteiger partial charge in [-0.3, -0.25) is 20.2 Å². The van der Waals surface area contributed by atoms with Gasteiger partial charge >= 0.3 is 6.61 Å². The van der Waals surface area contributed by atoms with Crippen LogP contribution in [-0.4, -0.2) is 36.6 Å². The van der Waals surface area contributed by atoms with Gasteiger partial charge < -0.3 is 14.2 Å². The largest absolute Gasteiger partial charge is 0.497 e. The van der Waals surface area contributed by atoms with Crippen LogP contribution < -0.4 is 19.5 Å². The smallest absolute Gasteiger partial charge is 0.387 e. The number of nitrogens with one attached hydrogen (secondary N) is 1. The van der Waals surface area contributed by atoms with Gasteiger partial charge in [-0.15, -0.1) is 0 Å². The van der Waals surface area contributed by atoms with Crippen LogP contribution in [0.1, 0.15) is 10.4 Å². The summed E-state index contributed by atoms with van der Waals surface area (Å²) >= 11 is 1.14. The quantitative estimate of drug-likeness (QED) is 0.448. The van der Waals surface area contributed by atoms with Gasteiger partial charge in [0.1, 0.15) is 11.3 Å². The van der Waals surface area contributed by atoms with Gasteiger partial charge in [-0.1, -0.05) is 11.3 Å². The van der Waals surface area contributed by atoms with Crippen LogP contribution >= 0.6 is 11.3 Å². The average molecular weight is 425 g/mol. The average Bonchev–Trinajstić information content (AvgIpc) is 3.08. The van der Waals surface area contributed by atoms with Crippen molar-refractivity contribution in [3.63, 3.8) is 0 Å². The fourth-order valence-corrected chi connectivity index (χ4v) is 3.37. The van der Waals surface area contributed by atoms with Crippen LogP contribution in [0.2, 0.25) is 0 Å². The Hall–Kier alpha value is -3.54. The van der Waals surface area contributed by atoms with Gasteiger partial charge in [0.2, 0.25) is 0 Å². The van der Waals surface area contributed by atoms with Crippen molar-refractivity contribution in [2.45, 2.75) is 6.61 Å². The Kier molecular flexibility index (Phi) is 5.73. The van der Waals surface area contributed by atoms with Crippen LogP contribution in [0.25, 0.3) is 10.2 Å². The normalized spacial score (nSPS) is 10.8. The predicted molar refractivity (Wildman–Crippen MR) is 100 cm³/mol. The van der Waals surface area contributed by atoms with Crippen molar-refractivity contribution < 1.29 is 32.7 Å². The molecule has 9 nitrogen and oxygen atoms in total. The van der Waals surface area contributed by atoms with Gasteiger partial charge in [-0.2, -0.15) is 8.78 Å². The molecule has 3 rings (SSSR count). The number of alkyl halides is 2. The molecule has 0 atom stereocenters. The molecule has 0 aliphatic carbocycles. The van der Waals surface area contributed by atoms with Gasteiger partial charge in [-0.05, 0) is 18.2 Å². The Morgan fingerprint density at radius 2 is 1.97 bits per heavy atom. The van der Waals surface area contributed by atoms with Gasteiger partial charge in [0.05, 0.1) is 35.4 Å². The molecule has 1 heterocycles. The molecule has 12 heteroatoms. The number of methoxy groups -OCH3 is 2. The molecular formula is C17H13F2N3O6S. The molecule has 0 bridgehead atoms. The first-order valence-electron chi connectivity index (χ1n) is 7.89. The number of aromatic nitrogens is 1. The number of fused-ring (bicyclic) bond motifs is 1. The van der Waals surface area contributed by atoms with Crippen LogP contribution in [0.5, 0.6) is 17.2 Å². The fourth-order valence-electron chi connectivity index (χ4n) is 2.48. The summed E-state index contributed by atoms with van der Waals surface area (Å²) in [4.78, 5) is 27.3. The summed E-state index contributed by atoms with van der Waals surface area (Å²) in [5.74, 6) is -1.06. The summed E-state index contributed by atoms with van der Waals surface area (Å²) in [5, 5.41) is 14.0. The number of rotatable bonds is 7. The van der Waals surface area contributed by atoms with E-state index in [1.54, 1.807) is 18.2 Å². The van der Waals surface area contributed by atoms with E-state index in [4.69, 9.17) is 9.47 Å². The summed E-state index contributed by atoms with van der Waals surface area (Å²) in [7, 11) is 2.67. The van der Waals surface area contributed by atoms with Crippen LogP contribution in [-0.2, 0) is 0 Å². The van der Waals surface area contributed by atoms with E-state index in [0.29, 0.717) is 17.3 Å². The highest BCUT2D eigenvalue weighted by Crippen LogP contribution is 2.36. The first kappa shape index (κ1) is 20.2. The van der Waals surface area contributed by atoms with Gasteiger partial charge in [0.25, 0.3) is 11.6 Å². The minimum absolute atomic E-state index is 0.194. The van der Waals surface area contributed by atoms with Gasteiger partial charge in [-0.25, -0.2) is 4.98 Å². The molecule has 0 spiro atoms. The van der Waals surface area contributed by atoms with E-state index in [1.807, 2.05) is 0 Å². The number of amides is 1. The lowest BCUT2D eigenvalue weighted by molar-refractivity contribution is -0.385. The predicted octanol–water partition coefficient (Wildman–Crippen LogP) is 4.08. The highest BCUT2D eigenvalue weighted by Gasteiger charge is 2.26. The molecule has 3 aromatic rings. The number of thiazole rings is 1. The molecule has 0 aliphatic rings. The van der Waals surface area contributed by atoms with Crippen molar-refractivity contribution in [3.8, 4) is 17.2 Å². The number of anilines is 1. The third kappa shape index (κ3) is 4.32. The van der Waals surface area contributed by atoms with Crippen LogP contribution in [0.4, 0.5) is 19.6 Å². The fraction of sp³-hybridized carbons (Fsp3) is 0.176. The Labute approximate surface area is 166 Å². The first-order valence-corrected chi connectivity index (χ1v) is 8.71. The van der Waals surface area contributed by atoms with Gasteiger partial charge in [0.15, 0.2) is 16.6 Å². The van der Waals surface area contributed by atoms with Crippen LogP contribution in [0, 0.1) is 10.1 Å². The number of carbonyl (C=O) groups excluding carboxylic acids is 1. The van der Waals surface area contributed by atoms with Crippen molar-refractivity contribution in [1.82, 2.24) is 4.98 Å². The van der Waals surface area contributed by atoms with Crippen molar-refractivity contribution in [2.75, 3.05) is 19.5 Å². The molecule has 0 fully saturated rings. The summed E-state index contributed by atoms with van der Waals surface area (Å²) < 4.78 is 40.0. The summed E-state index contributed by atoms with van der Waals surface area (Å²) in [6, 6.07) is 6.79. The van der Waals surface area contributed by atoms with E-state index in [2.05, 4.69) is 15.0 Å². The SMILES string of the molecule is COc1ccc2nc(NC(=O)c3cc(OC)c(OC(F)F)cc3[N+](=O)[O-])sc2c1. The second-order valence-electron chi connectivity index (χ2n) is 5.46. The molecule has 1 amide bonds. The number of ether oxygens (including phenoxy) is 3. The van der Waals surface area contributed by atoms with Crippen molar-refractivity contribution >= 4 is 38.3 Å². The number of hydrogen-bond donors (Lipinski definition) is 1. The van der Waals surface area contributed by atoms with Crippen LogP contribution in [0.15, 0.2) is 30.3 Å². The van der Waals surface area contributed by atoms with E-state index in [1.165, 1.54) is 7.11 Å². The maximum atomic E-state index is 12.6. The van der Waals surface area contributed by atoms with Crippen LogP contribution in [0.3, 0.4) is 0 Å². The van der Waals surface area contributed by atoms with E-state index in [0.717, 1.165) is 29.2 Å². The molecule has 29 heavy (non-hydrogen) atoms. The lowest BCUT2D eigenvalue weighted by Gasteiger charge is -2.11. The lowest BCUT2D eigenvalue weighted by atomic mass is 10.1. The molecule has 0 aliphatic heterocycles. The second kappa shape index (κ2) is 8.22. The maximum Gasteiger partial charge on any atom is 0.387 e. The third-order valence-electron chi connectivity index (χ3n) is 3.76. The zero-order valence-electron chi connectivity index (χ0n) is 15.0. The number of carbonyl (C=O) groups is 1.